The Hall–Kier alpha value is -2.15. The van der Waals surface area contributed by atoms with E-state index in [0.717, 1.165) is 17.0 Å². The van der Waals surface area contributed by atoms with Crippen molar-refractivity contribution in [3.63, 3.8) is 0 Å². The number of carbonyl (C=O) groups is 2. The van der Waals surface area contributed by atoms with Crippen molar-refractivity contribution in [2.75, 3.05) is 6.54 Å². The van der Waals surface area contributed by atoms with Gasteiger partial charge in [-0.3, -0.25) is 14.3 Å². The molecule has 1 fully saturated rings. The molecule has 1 aliphatic heterocycles. The smallest absolute Gasteiger partial charge is 0.226 e. The van der Waals surface area contributed by atoms with Gasteiger partial charge < -0.3 is 10.2 Å². The maximum Gasteiger partial charge on any atom is 0.226 e. The Morgan fingerprint density at radius 2 is 2.24 bits per heavy atom. The number of hydrogen-bond donors (Lipinski definition) is 1. The number of nitrogens with one attached hydrogen (secondary N) is 1. The molecule has 6 nitrogen and oxygen atoms in total. The number of rotatable bonds is 5. The highest BCUT2D eigenvalue weighted by molar-refractivity contribution is 7.09. The summed E-state index contributed by atoms with van der Waals surface area (Å²) in [6, 6.07) is 5.83. The Morgan fingerprint density at radius 3 is 2.96 bits per heavy atom. The van der Waals surface area contributed by atoms with E-state index in [0.29, 0.717) is 32.0 Å². The molecular formula is C18H22N4O2S. The topological polar surface area (TPSA) is 67.2 Å². The lowest BCUT2D eigenvalue weighted by atomic mass is 10.1. The molecule has 3 atom stereocenters. The predicted octanol–water partition coefficient (Wildman–Crippen LogP) is 2.19. The van der Waals surface area contributed by atoms with E-state index in [1.165, 1.54) is 0 Å². The molecule has 0 aromatic carbocycles. The van der Waals surface area contributed by atoms with Gasteiger partial charge >= 0.3 is 0 Å². The van der Waals surface area contributed by atoms with Gasteiger partial charge in [0, 0.05) is 23.5 Å². The third kappa shape index (κ3) is 3.46. The zero-order valence-electron chi connectivity index (χ0n) is 14.2. The average molecular weight is 358 g/mol. The first-order valence-electron chi connectivity index (χ1n) is 8.72. The predicted molar refractivity (Wildman–Crippen MR) is 94.7 cm³/mol. The average Bonchev–Trinajstić information content (AvgIpc) is 3.02. The van der Waals surface area contributed by atoms with E-state index in [1.807, 2.05) is 33.2 Å². The molecule has 0 radical (unpaired) electrons. The number of thiophene rings is 1. The van der Waals surface area contributed by atoms with Crippen LogP contribution in [0.1, 0.15) is 36.4 Å². The summed E-state index contributed by atoms with van der Waals surface area (Å²) in [5, 5.41) is 9.34. The molecule has 0 saturated heterocycles. The third-order valence-corrected chi connectivity index (χ3v) is 5.96. The highest BCUT2D eigenvalue weighted by Gasteiger charge is 2.43. The third-order valence-electron chi connectivity index (χ3n) is 5.08. The minimum absolute atomic E-state index is 0.00561. The van der Waals surface area contributed by atoms with Gasteiger partial charge in [0.2, 0.25) is 11.8 Å². The molecule has 0 spiro atoms. The Bertz CT molecular complexity index is 770. The number of carbonyl (C=O) groups excluding carboxylic acids is 2. The molecular weight excluding hydrogens is 336 g/mol. The van der Waals surface area contributed by atoms with Gasteiger partial charge in [0.1, 0.15) is 0 Å². The largest absolute Gasteiger partial charge is 0.351 e. The molecule has 0 bridgehead atoms. The van der Waals surface area contributed by atoms with Gasteiger partial charge in [-0.05, 0) is 29.9 Å². The standard InChI is InChI=1S/C18H22N4O2S/c1-12-7-16(12)18(24)21-10-13-4-5-20-22(13)14(11-21)8-17(23)19-9-15-3-2-6-25-15/h2-6,12,14,16H,7-11H2,1H3,(H,19,23)/t12-,14-,16-/m1/s1. The minimum atomic E-state index is -0.0971. The Kier molecular flexibility index (Phi) is 4.33. The molecule has 1 saturated carbocycles. The van der Waals surface area contributed by atoms with Crippen molar-refractivity contribution < 1.29 is 9.59 Å². The number of aromatic nitrogens is 2. The molecule has 132 valence electrons. The first-order valence-corrected chi connectivity index (χ1v) is 9.60. The molecule has 25 heavy (non-hydrogen) atoms. The molecule has 1 N–H and O–H groups in total. The van der Waals surface area contributed by atoms with Gasteiger partial charge in [0.25, 0.3) is 0 Å². The van der Waals surface area contributed by atoms with Crippen molar-refractivity contribution >= 4 is 23.2 Å². The fraction of sp³-hybridized carbons (Fsp3) is 0.500. The highest BCUT2D eigenvalue weighted by Crippen LogP contribution is 2.40. The Balaban J connectivity index is 1.41. The van der Waals surface area contributed by atoms with Crippen molar-refractivity contribution in [3.8, 4) is 0 Å². The fourth-order valence-electron chi connectivity index (χ4n) is 3.49. The first kappa shape index (κ1) is 16.3. The van der Waals surface area contributed by atoms with Crippen LogP contribution < -0.4 is 5.32 Å². The van der Waals surface area contributed by atoms with E-state index in [-0.39, 0.29) is 23.8 Å². The van der Waals surface area contributed by atoms with Crippen molar-refractivity contribution in [1.29, 1.82) is 0 Å². The molecule has 2 aromatic heterocycles. The Morgan fingerprint density at radius 1 is 1.40 bits per heavy atom. The zero-order valence-corrected chi connectivity index (χ0v) is 15.0. The maximum absolute atomic E-state index is 12.6. The van der Waals surface area contributed by atoms with Gasteiger partial charge in [-0.15, -0.1) is 11.3 Å². The molecule has 2 aromatic rings. The minimum Gasteiger partial charge on any atom is -0.351 e. The van der Waals surface area contributed by atoms with Crippen molar-refractivity contribution in [3.05, 3.63) is 40.3 Å². The van der Waals surface area contributed by atoms with Gasteiger partial charge in [-0.2, -0.15) is 5.10 Å². The van der Waals surface area contributed by atoms with Crippen molar-refractivity contribution in [2.45, 2.75) is 38.9 Å². The molecule has 0 unspecified atom stereocenters. The molecule has 2 aliphatic rings. The second-order valence-electron chi connectivity index (χ2n) is 7.02. The number of nitrogens with zero attached hydrogens (tertiary/aromatic N) is 3. The molecule has 7 heteroatoms. The van der Waals surface area contributed by atoms with Crippen LogP contribution >= 0.6 is 11.3 Å². The summed E-state index contributed by atoms with van der Waals surface area (Å²) in [5.41, 5.74) is 1.00. The quantitative estimate of drug-likeness (QED) is 0.891. The van der Waals surface area contributed by atoms with E-state index in [4.69, 9.17) is 0 Å². The second-order valence-corrected chi connectivity index (χ2v) is 8.05. The van der Waals surface area contributed by atoms with Crippen LogP contribution in [0.3, 0.4) is 0 Å². The lowest BCUT2D eigenvalue weighted by Crippen LogP contribution is -2.43. The lowest BCUT2D eigenvalue weighted by Gasteiger charge is -2.34. The van der Waals surface area contributed by atoms with Crippen molar-refractivity contribution in [2.24, 2.45) is 11.8 Å². The lowest BCUT2D eigenvalue weighted by molar-refractivity contribution is -0.136. The van der Waals surface area contributed by atoms with E-state index >= 15 is 0 Å². The summed E-state index contributed by atoms with van der Waals surface area (Å²) in [6.45, 7) is 3.82. The molecule has 2 amide bonds. The monoisotopic (exact) mass is 358 g/mol. The van der Waals surface area contributed by atoms with E-state index in [9.17, 15) is 9.59 Å². The van der Waals surface area contributed by atoms with Gasteiger partial charge in [-0.1, -0.05) is 13.0 Å². The highest BCUT2D eigenvalue weighted by atomic mass is 32.1. The van der Waals surface area contributed by atoms with Gasteiger partial charge in [0.05, 0.1) is 31.2 Å². The normalized spacial score (nSPS) is 24.7. The van der Waals surface area contributed by atoms with Crippen LogP contribution in [0, 0.1) is 11.8 Å². The summed E-state index contributed by atoms with van der Waals surface area (Å²) in [7, 11) is 0. The summed E-state index contributed by atoms with van der Waals surface area (Å²) >= 11 is 1.63. The van der Waals surface area contributed by atoms with E-state index in [2.05, 4.69) is 17.3 Å². The summed E-state index contributed by atoms with van der Waals surface area (Å²) in [5.74, 6) is 0.882. The first-order chi connectivity index (χ1) is 12.1. The van der Waals surface area contributed by atoms with Crippen LogP contribution in [0.15, 0.2) is 29.8 Å². The van der Waals surface area contributed by atoms with Crippen LogP contribution in [0.25, 0.3) is 0 Å². The Labute approximate surface area is 150 Å². The SMILES string of the molecule is C[C@@H]1C[C@H]1C(=O)N1Cc2ccnn2[C@H](CC(=O)NCc2cccs2)C1. The van der Waals surface area contributed by atoms with Gasteiger partial charge in [0.15, 0.2) is 0 Å². The van der Waals surface area contributed by atoms with E-state index in [1.54, 1.807) is 17.5 Å². The second kappa shape index (κ2) is 6.63. The van der Waals surface area contributed by atoms with Crippen LogP contribution in [-0.2, 0) is 22.7 Å². The number of hydrogen-bond acceptors (Lipinski definition) is 4. The molecule has 3 heterocycles. The summed E-state index contributed by atoms with van der Waals surface area (Å²) < 4.78 is 1.91. The summed E-state index contributed by atoms with van der Waals surface area (Å²) in [4.78, 5) is 28.0. The summed E-state index contributed by atoms with van der Waals surface area (Å²) in [6.07, 6.45) is 3.07. The van der Waals surface area contributed by atoms with E-state index < -0.39 is 0 Å². The van der Waals surface area contributed by atoms with Crippen LogP contribution in [-0.4, -0.2) is 33.0 Å². The van der Waals surface area contributed by atoms with Crippen LogP contribution in [0.5, 0.6) is 0 Å². The van der Waals surface area contributed by atoms with Crippen LogP contribution in [0.2, 0.25) is 0 Å². The number of fused-ring (bicyclic) bond motifs is 1. The van der Waals surface area contributed by atoms with Gasteiger partial charge in [-0.25, -0.2) is 0 Å². The zero-order chi connectivity index (χ0) is 17.4. The fourth-order valence-corrected chi connectivity index (χ4v) is 4.14. The molecule has 1 aliphatic carbocycles. The van der Waals surface area contributed by atoms with Crippen molar-refractivity contribution in [1.82, 2.24) is 20.0 Å². The van der Waals surface area contributed by atoms with Crippen LogP contribution in [0.4, 0.5) is 0 Å². The number of amides is 2. The maximum atomic E-state index is 12.6. The molecule has 4 rings (SSSR count).